The summed E-state index contributed by atoms with van der Waals surface area (Å²) in [7, 11) is -3.71. The van der Waals surface area contributed by atoms with Crippen molar-refractivity contribution in [3.8, 4) is 0 Å². The van der Waals surface area contributed by atoms with Gasteiger partial charge >= 0.3 is 0 Å². The van der Waals surface area contributed by atoms with Gasteiger partial charge in [0.1, 0.15) is 6.54 Å². The number of halogens is 1. The molecule has 0 aliphatic rings. The molecule has 2 aromatic rings. The van der Waals surface area contributed by atoms with Gasteiger partial charge in [-0.25, -0.2) is 8.42 Å². The zero-order valence-corrected chi connectivity index (χ0v) is 18.5. The molecule has 9 heteroatoms. The van der Waals surface area contributed by atoms with Crippen molar-refractivity contribution in [1.29, 1.82) is 0 Å². The lowest BCUT2D eigenvalue weighted by atomic mass is 10.1. The zero-order chi connectivity index (χ0) is 21.6. The van der Waals surface area contributed by atoms with Gasteiger partial charge in [-0.2, -0.15) is 0 Å². The number of aryl methyl sites for hydroxylation is 1. The Morgan fingerprint density at radius 2 is 1.90 bits per heavy atom. The van der Waals surface area contributed by atoms with E-state index >= 15 is 0 Å². The van der Waals surface area contributed by atoms with Crippen LogP contribution < -0.4 is 14.9 Å². The number of carbonyl (C=O) groups is 2. The number of hydrogen-bond donors (Lipinski definition) is 2. The number of para-hydroxylation sites is 1. The van der Waals surface area contributed by atoms with Crippen molar-refractivity contribution in [2.75, 3.05) is 29.0 Å². The normalized spacial score (nSPS) is 10.9. The van der Waals surface area contributed by atoms with E-state index in [-0.39, 0.29) is 18.0 Å². The Labute approximate surface area is 179 Å². The van der Waals surface area contributed by atoms with Crippen LogP contribution in [0.4, 0.5) is 11.4 Å². The highest BCUT2D eigenvalue weighted by atomic mass is 79.9. The molecule has 0 spiro atoms. The summed E-state index contributed by atoms with van der Waals surface area (Å²) in [6.45, 7) is 5.22. The van der Waals surface area contributed by atoms with E-state index in [0.29, 0.717) is 11.4 Å². The Balaban J connectivity index is 2.25. The van der Waals surface area contributed by atoms with E-state index in [4.69, 9.17) is 0 Å². The highest BCUT2D eigenvalue weighted by Crippen LogP contribution is 2.25. The molecule has 7 nitrogen and oxygen atoms in total. The van der Waals surface area contributed by atoms with Crippen LogP contribution in [0.1, 0.15) is 15.9 Å². The van der Waals surface area contributed by atoms with Gasteiger partial charge < -0.3 is 10.6 Å². The molecule has 0 saturated carbocycles. The first-order chi connectivity index (χ1) is 13.6. The molecule has 0 aliphatic carbocycles. The molecule has 2 amide bonds. The van der Waals surface area contributed by atoms with Crippen LogP contribution in [0, 0.1) is 6.92 Å². The third kappa shape index (κ3) is 6.16. The molecule has 2 rings (SSSR count). The first kappa shape index (κ1) is 22.6. The van der Waals surface area contributed by atoms with Crippen LogP contribution in [-0.4, -0.2) is 39.6 Å². The molecular weight excluding hydrogens is 458 g/mol. The molecule has 0 fully saturated rings. The molecule has 0 saturated heterocycles. The SMILES string of the molecule is C=CCNC(=O)c1ccccc1NC(=O)CN(c1ccc(Br)c(C)c1)S(C)(=O)=O. The smallest absolute Gasteiger partial charge is 0.253 e. The summed E-state index contributed by atoms with van der Waals surface area (Å²) in [6.07, 6.45) is 2.58. The second kappa shape index (κ2) is 9.71. The quantitative estimate of drug-likeness (QED) is 0.568. The Hall–Kier alpha value is -2.65. The number of benzene rings is 2. The van der Waals surface area contributed by atoms with Gasteiger partial charge in [-0.15, -0.1) is 6.58 Å². The van der Waals surface area contributed by atoms with Crippen LogP contribution in [0.15, 0.2) is 59.6 Å². The van der Waals surface area contributed by atoms with Gasteiger partial charge in [0, 0.05) is 11.0 Å². The predicted octanol–water partition coefficient (Wildman–Crippen LogP) is 3.08. The third-order valence-electron chi connectivity index (χ3n) is 3.97. The molecule has 2 N–H and O–H groups in total. The molecule has 154 valence electrons. The maximum atomic E-state index is 12.6. The van der Waals surface area contributed by atoms with Gasteiger partial charge in [-0.1, -0.05) is 34.1 Å². The minimum atomic E-state index is -3.71. The van der Waals surface area contributed by atoms with Gasteiger partial charge in [-0.05, 0) is 42.8 Å². The first-order valence-electron chi connectivity index (χ1n) is 8.65. The molecule has 0 atom stereocenters. The number of hydrogen-bond acceptors (Lipinski definition) is 4. The van der Waals surface area contributed by atoms with Gasteiger partial charge in [0.05, 0.1) is 23.2 Å². The molecule has 0 unspecified atom stereocenters. The zero-order valence-electron chi connectivity index (χ0n) is 16.1. The van der Waals surface area contributed by atoms with Crippen LogP contribution in [-0.2, 0) is 14.8 Å². The van der Waals surface area contributed by atoms with E-state index in [9.17, 15) is 18.0 Å². The van der Waals surface area contributed by atoms with E-state index in [2.05, 4.69) is 33.1 Å². The maximum Gasteiger partial charge on any atom is 0.253 e. The number of nitrogens with one attached hydrogen (secondary N) is 2. The standard InChI is InChI=1S/C20H22BrN3O4S/c1-4-11-22-20(26)16-7-5-6-8-18(16)23-19(25)13-24(29(3,27)28)15-9-10-17(21)14(2)12-15/h4-10,12H,1,11,13H2,2-3H3,(H,22,26)(H,23,25). The summed E-state index contributed by atoms with van der Waals surface area (Å²) >= 11 is 3.37. The third-order valence-corrected chi connectivity index (χ3v) is 6.00. The first-order valence-corrected chi connectivity index (χ1v) is 11.3. The van der Waals surface area contributed by atoms with E-state index in [1.54, 1.807) is 48.5 Å². The summed E-state index contributed by atoms with van der Waals surface area (Å²) in [4.78, 5) is 24.9. The molecule has 29 heavy (non-hydrogen) atoms. The van der Waals surface area contributed by atoms with Crippen LogP contribution in [0.2, 0.25) is 0 Å². The second-order valence-electron chi connectivity index (χ2n) is 6.30. The average Bonchev–Trinajstić information content (AvgIpc) is 2.66. The maximum absolute atomic E-state index is 12.6. The monoisotopic (exact) mass is 479 g/mol. The van der Waals surface area contributed by atoms with Gasteiger partial charge in [0.25, 0.3) is 5.91 Å². The van der Waals surface area contributed by atoms with Crippen LogP contribution in [0.25, 0.3) is 0 Å². The molecule has 0 radical (unpaired) electrons. The lowest BCUT2D eigenvalue weighted by molar-refractivity contribution is -0.114. The van der Waals surface area contributed by atoms with Crippen molar-refractivity contribution in [3.63, 3.8) is 0 Å². The summed E-state index contributed by atoms with van der Waals surface area (Å²) < 4.78 is 26.4. The molecule has 0 aliphatic heterocycles. The Morgan fingerprint density at radius 3 is 2.52 bits per heavy atom. The number of nitrogens with zero attached hydrogens (tertiary/aromatic N) is 1. The van der Waals surface area contributed by atoms with Gasteiger partial charge in [0.15, 0.2) is 0 Å². The number of anilines is 2. The second-order valence-corrected chi connectivity index (χ2v) is 9.06. The van der Waals surface area contributed by atoms with E-state index < -0.39 is 22.5 Å². The lowest BCUT2D eigenvalue weighted by Gasteiger charge is -2.23. The fourth-order valence-electron chi connectivity index (χ4n) is 2.55. The molecule has 0 bridgehead atoms. The molecular formula is C20H22BrN3O4S. The highest BCUT2D eigenvalue weighted by Gasteiger charge is 2.22. The summed E-state index contributed by atoms with van der Waals surface area (Å²) in [5, 5.41) is 5.27. The van der Waals surface area contributed by atoms with Crippen molar-refractivity contribution in [1.82, 2.24) is 5.32 Å². The largest absolute Gasteiger partial charge is 0.349 e. The Kier molecular flexibility index (Phi) is 7.58. The van der Waals surface area contributed by atoms with Gasteiger partial charge in [0.2, 0.25) is 15.9 Å². The van der Waals surface area contributed by atoms with E-state index in [0.717, 1.165) is 20.6 Å². The topological polar surface area (TPSA) is 95.6 Å². The minimum absolute atomic E-state index is 0.271. The Morgan fingerprint density at radius 1 is 1.21 bits per heavy atom. The van der Waals surface area contributed by atoms with Crippen molar-refractivity contribution >= 4 is 49.1 Å². The number of sulfonamides is 1. The lowest BCUT2D eigenvalue weighted by Crippen LogP contribution is -2.37. The van der Waals surface area contributed by atoms with E-state index in [1.165, 1.54) is 0 Å². The van der Waals surface area contributed by atoms with Crippen LogP contribution in [0.3, 0.4) is 0 Å². The fraction of sp³-hybridized carbons (Fsp3) is 0.200. The molecule has 0 aromatic heterocycles. The van der Waals surface area contributed by atoms with Crippen LogP contribution >= 0.6 is 15.9 Å². The predicted molar refractivity (Wildman–Crippen MR) is 119 cm³/mol. The average molecular weight is 480 g/mol. The number of amides is 2. The van der Waals surface area contributed by atoms with Crippen molar-refractivity contribution < 1.29 is 18.0 Å². The molecule has 2 aromatic carbocycles. The summed E-state index contributed by atoms with van der Waals surface area (Å²) in [5.41, 5.74) is 1.77. The van der Waals surface area contributed by atoms with E-state index in [1.807, 2.05) is 6.92 Å². The fourth-order valence-corrected chi connectivity index (χ4v) is 3.65. The summed E-state index contributed by atoms with van der Waals surface area (Å²) in [5.74, 6) is -0.940. The highest BCUT2D eigenvalue weighted by molar-refractivity contribution is 9.10. The summed E-state index contributed by atoms with van der Waals surface area (Å²) in [6, 6.07) is 11.5. The number of rotatable bonds is 8. The minimum Gasteiger partial charge on any atom is -0.349 e. The molecule has 0 heterocycles. The number of carbonyl (C=O) groups excluding carboxylic acids is 2. The van der Waals surface area contributed by atoms with Crippen LogP contribution in [0.5, 0.6) is 0 Å². The van der Waals surface area contributed by atoms with Crippen molar-refractivity contribution in [2.45, 2.75) is 6.92 Å². The Bertz CT molecular complexity index is 1040. The van der Waals surface area contributed by atoms with Gasteiger partial charge in [-0.3, -0.25) is 13.9 Å². The van der Waals surface area contributed by atoms with Crippen molar-refractivity contribution in [2.24, 2.45) is 0 Å². The van der Waals surface area contributed by atoms with Crippen molar-refractivity contribution in [3.05, 3.63) is 70.7 Å².